The average molecular weight is 181 g/mol. The second kappa shape index (κ2) is 1.53. The second-order valence-corrected chi connectivity index (χ2v) is 6.15. The van der Waals surface area contributed by atoms with Crippen LogP contribution in [0.5, 0.6) is 0 Å². The number of hydrogen-bond donors (Lipinski definition) is 0. The van der Waals surface area contributed by atoms with Crippen LogP contribution < -0.4 is 0 Å². The summed E-state index contributed by atoms with van der Waals surface area (Å²) in [5.74, 6) is 0.871. The van der Waals surface area contributed by atoms with Crippen LogP contribution in [0.1, 0.15) is 6.92 Å². The largest absolute Gasteiger partial charge is 0.229 e. The molecule has 10 heavy (non-hydrogen) atoms. The summed E-state index contributed by atoms with van der Waals surface area (Å²) in [7, 11) is -2.72. The van der Waals surface area contributed by atoms with Gasteiger partial charge in [-0.1, -0.05) is 6.92 Å². The van der Waals surface area contributed by atoms with Crippen LogP contribution in [0.3, 0.4) is 0 Å². The maximum atomic E-state index is 11.0. The van der Waals surface area contributed by atoms with Gasteiger partial charge < -0.3 is 0 Å². The van der Waals surface area contributed by atoms with E-state index in [-0.39, 0.29) is 16.7 Å². The number of fused-ring (bicyclic) bond motifs is 1. The van der Waals surface area contributed by atoms with E-state index in [0.717, 1.165) is 0 Å². The Morgan fingerprint density at radius 1 is 1.60 bits per heavy atom. The fraction of sp³-hybridized carbons (Fsp3) is 1.00. The summed E-state index contributed by atoms with van der Waals surface area (Å²) in [5.41, 5.74) is -0.0691. The molecule has 3 unspecified atom stereocenters. The lowest BCUT2D eigenvalue weighted by Crippen LogP contribution is -2.13. The zero-order valence-electron chi connectivity index (χ0n) is 5.67. The fourth-order valence-electron chi connectivity index (χ4n) is 1.87. The summed E-state index contributed by atoms with van der Waals surface area (Å²) < 4.78 is 21.9. The Balaban J connectivity index is 2.31. The molecule has 0 aromatic carbocycles. The van der Waals surface area contributed by atoms with Crippen molar-refractivity contribution in [1.82, 2.24) is 0 Å². The molecule has 0 radical (unpaired) electrons. The molecule has 1 saturated heterocycles. The Morgan fingerprint density at radius 3 is 2.50 bits per heavy atom. The molecule has 2 nitrogen and oxygen atoms in total. The highest BCUT2D eigenvalue weighted by molar-refractivity contribution is 7.91. The molecule has 0 amide bonds. The lowest BCUT2D eigenvalue weighted by molar-refractivity contribution is 0.584. The first-order valence-corrected chi connectivity index (χ1v) is 5.56. The maximum absolute atomic E-state index is 11.0. The van der Waals surface area contributed by atoms with Crippen molar-refractivity contribution < 1.29 is 8.42 Å². The lowest BCUT2D eigenvalue weighted by Gasteiger charge is -2.01. The Morgan fingerprint density at radius 2 is 2.20 bits per heavy atom. The smallest absolute Gasteiger partial charge is 0.151 e. The van der Waals surface area contributed by atoms with Crippen molar-refractivity contribution >= 4 is 21.4 Å². The van der Waals surface area contributed by atoms with Crippen LogP contribution in [0, 0.1) is 11.3 Å². The predicted octanol–water partition coefficient (Wildman–Crippen LogP) is 0.658. The van der Waals surface area contributed by atoms with Crippen molar-refractivity contribution in [3.8, 4) is 0 Å². The number of hydrogen-bond acceptors (Lipinski definition) is 2. The molecule has 2 fully saturated rings. The van der Waals surface area contributed by atoms with Gasteiger partial charge in [-0.15, -0.1) is 11.6 Å². The molecular formula is C6H9ClO2S. The first kappa shape index (κ1) is 6.92. The SMILES string of the molecule is CC12CS(=O)(=O)CC1C2Cl. The highest BCUT2D eigenvalue weighted by atomic mass is 35.5. The molecule has 4 heteroatoms. The summed E-state index contributed by atoms with van der Waals surface area (Å²) in [6.45, 7) is 1.96. The zero-order valence-corrected chi connectivity index (χ0v) is 7.24. The summed E-state index contributed by atoms with van der Waals surface area (Å²) in [4.78, 5) is 0. The van der Waals surface area contributed by atoms with Gasteiger partial charge in [-0.25, -0.2) is 8.42 Å². The Bertz CT molecular complexity index is 271. The zero-order chi connectivity index (χ0) is 7.57. The van der Waals surface area contributed by atoms with E-state index in [1.807, 2.05) is 6.92 Å². The van der Waals surface area contributed by atoms with Gasteiger partial charge in [0.1, 0.15) is 0 Å². The summed E-state index contributed by atoms with van der Waals surface area (Å²) in [6.07, 6.45) is 0. The van der Waals surface area contributed by atoms with Gasteiger partial charge in [0, 0.05) is 10.8 Å². The van der Waals surface area contributed by atoms with Crippen LogP contribution in [-0.4, -0.2) is 25.3 Å². The lowest BCUT2D eigenvalue weighted by atomic mass is 10.1. The first-order chi connectivity index (χ1) is 4.46. The molecule has 0 N–H and O–H groups in total. The minimum absolute atomic E-state index is 0.0691. The van der Waals surface area contributed by atoms with Gasteiger partial charge in [0.05, 0.1) is 11.5 Å². The summed E-state index contributed by atoms with van der Waals surface area (Å²) in [5, 5.41) is 0.121. The molecule has 1 aliphatic carbocycles. The van der Waals surface area contributed by atoms with Crippen LogP contribution in [0.25, 0.3) is 0 Å². The third kappa shape index (κ3) is 0.678. The number of sulfone groups is 1. The van der Waals surface area contributed by atoms with Gasteiger partial charge in [0.2, 0.25) is 0 Å². The van der Waals surface area contributed by atoms with Crippen LogP contribution >= 0.6 is 11.6 Å². The van der Waals surface area contributed by atoms with Crippen molar-refractivity contribution in [2.24, 2.45) is 11.3 Å². The minimum atomic E-state index is -2.72. The molecule has 1 aliphatic heterocycles. The molecule has 2 aliphatic rings. The number of halogens is 1. The third-order valence-corrected chi connectivity index (χ3v) is 5.42. The van der Waals surface area contributed by atoms with Gasteiger partial charge in [-0.2, -0.15) is 0 Å². The Hall–Kier alpha value is 0.240. The molecule has 3 atom stereocenters. The van der Waals surface area contributed by atoms with E-state index in [0.29, 0.717) is 11.5 Å². The van der Waals surface area contributed by atoms with Crippen molar-refractivity contribution in [1.29, 1.82) is 0 Å². The van der Waals surface area contributed by atoms with Crippen molar-refractivity contribution in [3.63, 3.8) is 0 Å². The standard InChI is InChI=1S/C6H9ClO2S/c1-6-3-10(8,9)2-4(6)5(6)7/h4-5H,2-3H2,1H3. The van der Waals surface area contributed by atoms with Gasteiger partial charge >= 0.3 is 0 Å². The van der Waals surface area contributed by atoms with E-state index in [2.05, 4.69) is 0 Å². The Kier molecular flexibility index (Phi) is 1.06. The van der Waals surface area contributed by atoms with E-state index >= 15 is 0 Å². The van der Waals surface area contributed by atoms with Gasteiger partial charge in [0.25, 0.3) is 0 Å². The van der Waals surface area contributed by atoms with E-state index in [4.69, 9.17) is 11.6 Å². The number of rotatable bonds is 0. The average Bonchev–Trinajstić information content (AvgIpc) is 2.20. The highest BCUT2D eigenvalue weighted by Gasteiger charge is 2.67. The first-order valence-electron chi connectivity index (χ1n) is 3.30. The minimum Gasteiger partial charge on any atom is -0.229 e. The van der Waals surface area contributed by atoms with Crippen LogP contribution in [-0.2, 0) is 9.84 Å². The monoisotopic (exact) mass is 180 g/mol. The van der Waals surface area contributed by atoms with Crippen molar-refractivity contribution in [2.75, 3.05) is 11.5 Å². The molecule has 0 spiro atoms. The van der Waals surface area contributed by atoms with Crippen LogP contribution in [0.4, 0.5) is 0 Å². The quantitative estimate of drug-likeness (QED) is 0.514. The molecule has 2 rings (SSSR count). The molecule has 1 saturated carbocycles. The van der Waals surface area contributed by atoms with Crippen molar-refractivity contribution in [3.05, 3.63) is 0 Å². The number of alkyl halides is 1. The van der Waals surface area contributed by atoms with Crippen LogP contribution in [0.15, 0.2) is 0 Å². The fourth-order valence-corrected chi connectivity index (χ4v) is 5.19. The normalized spacial score (nSPS) is 56.2. The molecule has 0 bridgehead atoms. The Labute approximate surface area is 65.5 Å². The molecule has 1 heterocycles. The third-order valence-electron chi connectivity index (χ3n) is 2.69. The molecular weight excluding hydrogens is 172 g/mol. The molecule has 58 valence electrons. The van der Waals surface area contributed by atoms with E-state index in [1.54, 1.807) is 0 Å². The summed E-state index contributed by atoms with van der Waals surface area (Å²) in [6, 6.07) is 0. The summed E-state index contributed by atoms with van der Waals surface area (Å²) >= 11 is 5.86. The van der Waals surface area contributed by atoms with E-state index in [1.165, 1.54) is 0 Å². The highest BCUT2D eigenvalue weighted by Crippen LogP contribution is 2.61. The molecule has 0 aromatic heterocycles. The molecule has 0 aromatic rings. The van der Waals surface area contributed by atoms with E-state index in [9.17, 15) is 8.42 Å². The van der Waals surface area contributed by atoms with Crippen molar-refractivity contribution in [2.45, 2.75) is 12.3 Å². The van der Waals surface area contributed by atoms with Crippen LogP contribution in [0.2, 0.25) is 0 Å². The van der Waals surface area contributed by atoms with Gasteiger partial charge in [0.15, 0.2) is 9.84 Å². The topological polar surface area (TPSA) is 34.1 Å². The second-order valence-electron chi connectivity index (χ2n) is 3.57. The maximum Gasteiger partial charge on any atom is 0.151 e. The van der Waals surface area contributed by atoms with E-state index < -0.39 is 9.84 Å². The predicted molar refractivity (Wildman–Crippen MR) is 39.9 cm³/mol. The van der Waals surface area contributed by atoms with Gasteiger partial charge in [-0.3, -0.25) is 0 Å². The van der Waals surface area contributed by atoms with Gasteiger partial charge in [-0.05, 0) is 5.92 Å².